The lowest BCUT2D eigenvalue weighted by Gasteiger charge is -2.48. The minimum Gasteiger partial charge on any atom is -0.371 e. The second-order valence-corrected chi connectivity index (χ2v) is 6.79. The lowest BCUT2D eigenvalue weighted by atomic mass is 9.79. The van der Waals surface area contributed by atoms with E-state index >= 15 is 0 Å². The number of morpholine rings is 1. The monoisotopic (exact) mass is 304 g/mol. The second kappa shape index (κ2) is 5.66. The van der Waals surface area contributed by atoms with E-state index in [0.717, 1.165) is 38.9 Å². The first-order chi connectivity index (χ1) is 10.8. The van der Waals surface area contributed by atoms with E-state index in [1.54, 1.807) is 0 Å². The van der Waals surface area contributed by atoms with Gasteiger partial charge in [-0.25, -0.2) is 0 Å². The number of nitrogens with zero attached hydrogens (tertiary/aromatic N) is 3. The summed E-state index contributed by atoms with van der Waals surface area (Å²) in [5, 5.41) is 7.93. The first kappa shape index (κ1) is 14.2. The van der Waals surface area contributed by atoms with Crippen LogP contribution < -0.4 is 5.32 Å². The zero-order valence-corrected chi connectivity index (χ0v) is 13.0. The Labute approximate surface area is 130 Å². The van der Waals surface area contributed by atoms with Crippen LogP contribution in [0.1, 0.15) is 48.6 Å². The van der Waals surface area contributed by atoms with Gasteiger partial charge in [0.2, 0.25) is 0 Å². The van der Waals surface area contributed by atoms with E-state index in [1.165, 1.54) is 12.8 Å². The molecule has 2 aliphatic heterocycles. The van der Waals surface area contributed by atoms with Gasteiger partial charge in [0.25, 0.3) is 5.91 Å². The highest BCUT2D eigenvalue weighted by Gasteiger charge is 2.43. The molecule has 6 heteroatoms. The maximum Gasteiger partial charge on any atom is 0.274 e. The Morgan fingerprint density at radius 1 is 1.41 bits per heavy atom. The molecule has 1 amide bonds. The summed E-state index contributed by atoms with van der Waals surface area (Å²) in [7, 11) is 0. The number of carbonyl (C=O) groups excluding carboxylic acids is 1. The van der Waals surface area contributed by atoms with Gasteiger partial charge in [0.05, 0.1) is 24.8 Å². The number of ether oxygens (including phenoxy) is 1. The Hall–Kier alpha value is -1.40. The van der Waals surface area contributed by atoms with Crippen LogP contribution in [0.3, 0.4) is 0 Å². The minimum absolute atomic E-state index is 0.0518. The third kappa shape index (κ3) is 2.54. The molecule has 1 atom stereocenters. The molecule has 3 aliphatic rings. The minimum atomic E-state index is -0.0518. The summed E-state index contributed by atoms with van der Waals surface area (Å²) in [5.41, 5.74) is 0.519. The van der Waals surface area contributed by atoms with Gasteiger partial charge >= 0.3 is 0 Å². The maximum absolute atomic E-state index is 12.7. The molecule has 3 fully saturated rings. The predicted molar refractivity (Wildman–Crippen MR) is 81.8 cm³/mol. The van der Waals surface area contributed by atoms with E-state index in [9.17, 15) is 4.79 Å². The molecule has 0 bridgehead atoms. The Balaban J connectivity index is 1.45. The average Bonchev–Trinajstić information content (AvgIpc) is 3.03. The molecule has 3 heterocycles. The van der Waals surface area contributed by atoms with Crippen molar-refractivity contribution in [3.63, 3.8) is 0 Å². The Morgan fingerprint density at radius 2 is 2.32 bits per heavy atom. The van der Waals surface area contributed by atoms with Crippen LogP contribution in [-0.4, -0.2) is 59.0 Å². The van der Waals surface area contributed by atoms with Crippen LogP contribution in [0, 0.1) is 0 Å². The lowest BCUT2D eigenvalue weighted by molar-refractivity contribution is -0.142. The summed E-state index contributed by atoms with van der Waals surface area (Å²) < 4.78 is 7.85. The summed E-state index contributed by atoms with van der Waals surface area (Å²) >= 11 is 0. The number of carbonyl (C=O) groups is 1. The van der Waals surface area contributed by atoms with Crippen LogP contribution in [0.2, 0.25) is 0 Å². The fourth-order valence-electron chi connectivity index (χ4n) is 3.77. The molecule has 1 N–H and O–H groups in total. The van der Waals surface area contributed by atoms with Gasteiger partial charge in [0, 0.05) is 19.3 Å². The first-order valence-corrected chi connectivity index (χ1v) is 8.45. The molecule has 120 valence electrons. The highest BCUT2D eigenvalue weighted by molar-refractivity contribution is 5.92. The molecular weight excluding hydrogens is 280 g/mol. The molecule has 6 nitrogen and oxygen atoms in total. The average molecular weight is 304 g/mol. The largest absolute Gasteiger partial charge is 0.371 e. The maximum atomic E-state index is 12.7. The molecule has 0 aromatic carbocycles. The number of aromatic nitrogens is 2. The number of hydrogen-bond donors (Lipinski definition) is 1. The van der Waals surface area contributed by atoms with Crippen LogP contribution >= 0.6 is 0 Å². The van der Waals surface area contributed by atoms with Gasteiger partial charge in [-0.1, -0.05) is 0 Å². The molecule has 0 radical (unpaired) electrons. The highest BCUT2D eigenvalue weighted by atomic mass is 16.5. The number of piperidine rings is 1. The van der Waals surface area contributed by atoms with Crippen molar-refractivity contribution < 1.29 is 9.53 Å². The molecule has 1 aromatic heterocycles. The molecule has 1 unspecified atom stereocenters. The van der Waals surface area contributed by atoms with Gasteiger partial charge in [-0.15, -0.1) is 0 Å². The molecule has 2 saturated heterocycles. The van der Waals surface area contributed by atoms with Crippen LogP contribution in [-0.2, 0) is 4.74 Å². The van der Waals surface area contributed by atoms with Crippen molar-refractivity contribution in [1.29, 1.82) is 0 Å². The molecule has 1 saturated carbocycles. The SMILES string of the molecule is O=C(c1ccn(C2CCCNC2)n1)N1CCOC2(CCC2)C1. The number of hydrogen-bond acceptors (Lipinski definition) is 4. The van der Waals surface area contributed by atoms with Crippen LogP contribution in [0.4, 0.5) is 0 Å². The van der Waals surface area contributed by atoms with Crippen LogP contribution in [0.15, 0.2) is 12.3 Å². The second-order valence-electron chi connectivity index (χ2n) is 6.79. The summed E-state index contributed by atoms with van der Waals surface area (Å²) in [6.45, 7) is 4.08. The third-order valence-electron chi connectivity index (χ3n) is 5.27. The zero-order valence-electron chi connectivity index (χ0n) is 13.0. The summed E-state index contributed by atoms with van der Waals surface area (Å²) in [6.07, 6.45) is 7.62. The highest BCUT2D eigenvalue weighted by Crippen LogP contribution is 2.38. The Morgan fingerprint density at radius 3 is 3.05 bits per heavy atom. The fraction of sp³-hybridized carbons (Fsp3) is 0.750. The van der Waals surface area contributed by atoms with E-state index < -0.39 is 0 Å². The van der Waals surface area contributed by atoms with Gasteiger partial charge < -0.3 is 15.0 Å². The van der Waals surface area contributed by atoms with Crippen molar-refractivity contribution in [3.8, 4) is 0 Å². The van der Waals surface area contributed by atoms with E-state index in [-0.39, 0.29) is 11.5 Å². The van der Waals surface area contributed by atoms with Crippen molar-refractivity contribution in [2.75, 3.05) is 32.8 Å². The van der Waals surface area contributed by atoms with Crippen molar-refractivity contribution >= 4 is 5.91 Å². The van der Waals surface area contributed by atoms with Crippen molar-refractivity contribution in [2.24, 2.45) is 0 Å². The molecule has 4 rings (SSSR count). The van der Waals surface area contributed by atoms with Gasteiger partial charge in [0.1, 0.15) is 5.69 Å². The summed E-state index contributed by atoms with van der Waals surface area (Å²) in [6, 6.07) is 2.23. The van der Waals surface area contributed by atoms with E-state index in [4.69, 9.17) is 4.74 Å². The van der Waals surface area contributed by atoms with Crippen LogP contribution in [0.25, 0.3) is 0 Å². The number of rotatable bonds is 2. The van der Waals surface area contributed by atoms with Gasteiger partial charge in [0.15, 0.2) is 0 Å². The predicted octanol–water partition coefficient (Wildman–Crippen LogP) is 1.20. The summed E-state index contributed by atoms with van der Waals surface area (Å²) in [4.78, 5) is 14.6. The Bertz CT molecular complexity index is 546. The van der Waals surface area contributed by atoms with E-state index in [0.29, 0.717) is 24.9 Å². The van der Waals surface area contributed by atoms with E-state index in [2.05, 4.69) is 10.4 Å². The topological polar surface area (TPSA) is 59.4 Å². The quantitative estimate of drug-likeness (QED) is 0.892. The lowest BCUT2D eigenvalue weighted by Crippen LogP contribution is -2.57. The van der Waals surface area contributed by atoms with E-state index in [1.807, 2.05) is 21.8 Å². The smallest absolute Gasteiger partial charge is 0.274 e. The Kier molecular flexibility index (Phi) is 3.66. The molecule has 1 spiro atoms. The third-order valence-corrected chi connectivity index (χ3v) is 5.27. The number of nitrogens with one attached hydrogen (secondary N) is 1. The number of amides is 1. The molecular formula is C16H24N4O2. The van der Waals surface area contributed by atoms with Crippen LogP contribution in [0.5, 0.6) is 0 Å². The van der Waals surface area contributed by atoms with Gasteiger partial charge in [-0.3, -0.25) is 9.48 Å². The standard InChI is InChI=1S/C16H24N4O2/c21-15(19-9-10-22-16(12-19)5-2-6-16)14-4-8-20(18-14)13-3-1-7-17-11-13/h4,8,13,17H,1-3,5-7,9-12H2. The molecule has 1 aliphatic carbocycles. The van der Waals surface area contributed by atoms with Crippen molar-refractivity contribution in [3.05, 3.63) is 18.0 Å². The normalized spacial score (nSPS) is 27.6. The molecule has 22 heavy (non-hydrogen) atoms. The zero-order chi connectivity index (χ0) is 15.0. The molecule has 1 aromatic rings. The van der Waals surface area contributed by atoms with Gasteiger partial charge in [-0.05, 0) is 44.7 Å². The van der Waals surface area contributed by atoms with Crippen molar-refractivity contribution in [1.82, 2.24) is 20.0 Å². The van der Waals surface area contributed by atoms with Gasteiger partial charge in [-0.2, -0.15) is 5.10 Å². The fourth-order valence-corrected chi connectivity index (χ4v) is 3.77. The summed E-state index contributed by atoms with van der Waals surface area (Å²) in [5.74, 6) is 0.0529. The first-order valence-electron chi connectivity index (χ1n) is 8.45. The van der Waals surface area contributed by atoms with Crippen molar-refractivity contribution in [2.45, 2.75) is 43.7 Å².